The number of carbonyl (C=O) groups excluding carboxylic acids is 1. The molecule has 2 rings (SSSR count). The van der Waals surface area contributed by atoms with Gasteiger partial charge in [-0.05, 0) is 42.7 Å². The Bertz CT molecular complexity index is 562. The van der Waals surface area contributed by atoms with Gasteiger partial charge < -0.3 is 5.32 Å². The Hall–Kier alpha value is -1.68. The molecule has 0 fully saturated rings. The molecule has 1 unspecified atom stereocenters. The molecule has 1 N–H and O–H groups in total. The van der Waals surface area contributed by atoms with E-state index in [1.165, 1.54) is 23.5 Å². The van der Waals surface area contributed by atoms with Crippen LogP contribution in [0, 0.1) is 12.7 Å². The minimum atomic E-state index is -0.242. The molecule has 1 amide bonds. The molecular formula is C15H16FNOS. The first kappa shape index (κ1) is 13.7. The lowest BCUT2D eigenvalue weighted by Gasteiger charge is -2.12. The zero-order chi connectivity index (χ0) is 13.8. The van der Waals surface area contributed by atoms with Crippen LogP contribution in [0.3, 0.4) is 0 Å². The molecule has 0 spiro atoms. The minimum Gasteiger partial charge on any atom is -0.351 e. The van der Waals surface area contributed by atoms with Gasteiger partial charge in [-0.15, -0.1) is 11.3 Å². The van der Waals surface area contributed by atoms with Crippen LogP contribution < -0.4 is 5.32 Å². The fraction of sp³-hybridized carbons (Fsp3) is 0.267. The van der Waals surface area contributed by atoms with Gasteiger partial charge in [0.2, 0.25) is 0 Å². The molecule has 0 aliphatic rings. The third-order valence-corrected chi connectivity index (χ3v) is 3.97. The zero-order valence-corrected chi connectivity index (χ0v) is 11.8. The molecule has 1 aromatic carbocycles. The average Bonchev–Trinajstić information content (AvgIpc) is 2.83. The number of benzene rings is 1. The van der Waals surface area contributed by atoms with Gasteiger partial charge in [-0.2, -0.15) is 0 Å². The molecule has 4 heteroatoms. The Morgan fingerprint density at radius 1 is 1.26 bits per heavy atom. The van der Waals surface area contributed by atoms with E-state index in [1.54, 1.807) is 12.1 Å². The Morgan fingerprint density at radius 2 is 1.95 bits per heavy atom. The highest BCUT2D eigenvalue weighted by Gasteiger charge is 2.10. The van der Waals surface area contributed by atoms with Crippen molar-refractivity contribution >= 4 is 17.2 Å². The molecule has 2 aromatic rings. The maximum atomic E-state index is 12.8. The van der Waals surface area contributed by atoms with Crippen LogP contribution in [-0.2, 0) is 0 Å². The maximum Gasteiger partial charge on any atom is 0.261 e. The molecule has 0 bridgehead atoms. The van der Waals surface area contributed by atoms with Gasteiger partial charge in [-0.1, -0.05) is 19.1 Å². The van der Waals surface area contributed by atoms with Crippen LogP contribution >= 0.6 is 11.3 Å². The molecule has 100 valence electrons. The van der Waals surface area contributed by atoms with E-state index in [4.69, 9.17) is 0 Å². The van der Waals surface area contributed by atoms with Gasteiger partial charge in [-0.25, -0.2) is 4.39 Å². The summed E-state index contributed by atoms with van der Waals surface area (Å²) in [6.45, 7) is 4.52. The number of hydrogen-bond donors (Lipinski definition) is 1. The molecule has 19 heavy (non-hydrogen) atoms. The summed E-state index contributed by atoms with van der Waals surface area (Å²) in [5.41, 5.74) is 1.02. The lowest BCUT2D eigenvalue weighted by Crippen LogP contribution is -2.26. The number of amides is 1. The Balaban J connectivity index is 1.91. The van der Waals surface area contributed by atoms with Crippen molar-refractivity contribution in [1.82, 2.24) is 5.32 Å². The molecular weight excluding hydrogens is 261 g/mol. The fourth-order valence-electron chi connectivity index (χ4n) is 1.80. The third-order valence-electron chi connectivity index (χ3n) is 2.97. The molecule has 1 atom stereocenters. The summed E-state index contributed by atoms with van der Waals surface area (Å²) >= 11 is 1.48. The van der Waals surface area contributed by atoms with Gasteiger partial charge in [0.25, 0.3) is 5.91 Å². The molecule has 0 saturated carbocycles. The van der Waals surface area contributed by atoms with Crippen LogP contribution in [0.5, 0.6) is 0 Å². The van der Waals surface area contributed by atoms with Gasteiger partial charge in [-0.3, -0.25) is 4.79 Å². The standard InChI is InChI=1S/C15H16FNOS/c1-10(12-4-6-13(16)7-5-12)9-17-15(18)14-8-3-11(2)19-14/h3-8,10H,9H2,1-2H3,(H,17,18). The van der Waals surface area contributed by atoms with Crippen molar-refractivity contribution in [3.05, 3.63) is 57.5 Å². The number of hydrogen-bond acceptors (Lipinski definition) is 2. The predicted octanol–water partition coefficient (Wildman–Crippen LogP) is 3.73. The van der Waals surface area contributed by atoms with Crippen LogP contribution in [-0.4, -0.2) is 12.5 Å². The number of thiophene rings is 1. The molecule has 0 aliphatic carbocycles. The Morgan fingerprint density at radius 3 is 2.53 bits per heavy atom. The van der Waals surface area contributed by atoms with Crippen LogP contribution in [0.25, 0.3) is 0 Å². The van der Waals surface area contributed by atoms with Crippen molar-refractivity contribution in [2.45, 2.75) is 19.8 Å². The second-order valence-electron chi connectivity index (χ2n) is 4.57. The number of rotatable bonds is 4. The van der Waals surface area contributed by atoms with Crippen molar-refractivity contribution in [1.29, 1.82) is 0 Å². The van der Waals surface area contributed by atoms with E-state index >= 15 is 0 Å². The van der Waals surface area contributed by atoms with Crippen molar-refractivity contribution in [2.75, 3.05) is 6.54 Å². The molecule has 0 saturated heterocycles. The van der Waals surface area contributed by atoms with Gasteiger partial charge in [0.15, 0.2) is 0 Å². The van der Waals surface area contributed by atoms with Gasteiger partial charge in [0.1, 0.15) is 5.82 Å². The Labute approximate surface area is 116 Å². The van der Waals surface area contributed by atoms with Crippen LogP contribution in [0.15, 0.2) is 36.4 Å². The average molecular weight is 277 g/mol. The van der Waals surface area contributed by atoms with E-state index in [-0.39, 0.29) is 17.6 Å². The first-order valence-corrected chi connectivity index (χ1v) is 6.98. The Kier molecular flexibility index (Phi) is 4.32. The summed E-state index contributed by atoms with van der Waals surface area (Å²) in [4.78, 5) is 13.7. The summed E-state index contributed by atoms with van der Waals surface area (Å²) < 4.78 is 12.8. The summed E-state index contributed by atoms with van der Waals surface area (Å²) in [7, 11) is 0. The lowest BCUT2D eigenvalue weighted by molar-refractivity contribution is 0.0955. The van der Waals surface area contributed by atoms with E-state index in [1.807, 2.05) is 26.0 Å². The highest BCUT2D eigenvalue weighted by molar-refractivity contribution is 7.13. The summed E-state index contributed by atoms with van der Waals surface area (Å²) in [6.07, 6.45) is 0. The van der Waals surface area contributed by atoms with Crippen molar-refractivity contribution < 1.29 is 9.18 Å². The number of carbonyl (C=O) groups is 1. The number of halogens is 1. The molecule has 1 aromatic heterocycles. The summed E-state index contributed by atoms with van der Waals surface area (Å²) in [5, 5.41) is 2.90. The molecule has 2 nitrogen and oxygen atoms in total. The fourth-order valence-corrected chi connectivity index (χ4v) is 2.58. The molecule has 0 radical (unpaired) electrons. The SMILES string of the molecule is Cc1ccc(C(=O)NCC(C)c2ccc(F)cc2)s1. The lowest BCUT2D eigenvalue weighted by atomic mass is 10.0. The predicted molar refractivity (Wildman–Crippen MR) is 76.2 cm³/mol. The topological polar surface area (TPSA) is 29.1 Å². The normalized spacial score (nSPS) is 12.2. The largest absolute Gasteiger partial charge is 0.351 e. The van der Waals surface area contributed by atoms with Crippen molar-refractivity contribution in [2.24, 2.45) is 0 Å². The minimum absolute atomic E-state index is 0.0490. The maximum absolute atomic E-state index is 12.8. The smallest absolute Gasteiger partial charge is 0.261 e. The van der Waals surface area contributed by atoms with Gasteiger partial charge in [0, 0.05) is 11.4 Å². The van der Waals surface area contributed by atoms with Crippen LogP contribution in [0.2, 0.25) is 0 Å². The van der Waals surface area contributed by atoms with Crippen LogP contribution in [0.1, 0.15) is 33.0 Å². The van der Waals surface area contributed by atoms with Crippen molar-refractivity contribution in [3.63, 3.8) is 0 Å². The number of nitrogens with one attached hydrogen (secondary N) is 1. The first-order chi connectivity index (χ1) is 9.06. The van der Waals surface area contributed by atoms with Gasteiger partial charge >= 0.3 is 0 Å². The highest BCUT2D eigenvalue weighted by atomic mass is 32.1. The van der Waals surface area contributed by atoms with Gasteiger partial charge in [0.05, 0.1) is 4.88 Å². The zero-order valence-electron chi connectivity index (χ0n) is 10.9. The van der Waals surface area contributed by atoms with E-state index in [0.29, 0.717) is 6.54 Å². The number of aryl methyl sites for hydroxylation is 1. The third kappa shape index (κ3) is 3.64. The monoisotopic (exact) mass is 277 g/mol. The second kappa shape index (κ2) is 5.97. The van der Waals surface area contributed by atoms with Crippen molar-refractivity contribution in [3.8, 4) is 0 Å². The second-order valence-corrected chi connectivity index (χ2v) is 5.86. The van der Waals surface area contributed by atoms with Crippen LogP contribution in [0.4, 0.5) is 4.39 Å². The van der Waals surface area contributed by atoms with E-state index in [9.17, 15) is 9.18 Å². The summed E-state index contributed by atoms with van der Waals surface area (Å²) in [6, 6.07) is 10.1. The quantitative estimate of drug-likeness (QED) is 0.906. The summed E-state index contributed by atoms with van der Waals surface area (Å²) in [5.74, 6) is -0.133. The first-order valence-electron chi connectivity index (χ1n) is 6.16. The molecule has 1 heterocycles. The molecule has 0 aliphatic heterocycles. The van der Waals surface area contributed by atoms with E-state index in [2.05, 4.69) is 5.32 Å². The van der Waals surface area contributed by atoms with E-state index in [0.717, 1.165) is 15.3 Å². The highest BCUT2D eigenvalue weighted by Crippen LogP contribution is 2.17. The van der Waals surface area contributed by atoms with E-state index < -0.39 is 0 Å².